The molecule has 0 fully saturated rings. The number of nitrogens with one attached hydrogen (secondary N) is 1. The molecule has 2 rings (SSSR count). The van der Waals surface area contributed by atoms with Gasteiger partial charge in [-0.25, -0.2) is 0 Å². The van der Waals surface area contributed by atoms with Crippen molar-refractivity contribution in [2.75, 3.05) is 23.9 Å². The van der Waals surface area contributed by atoms with Gasteiger partial charge in [0.2, 0.25) is 0 Å². The third-order valence-electron chi connectivity index (χ3n) is 2.63. The molecular weight excluding hydrogens is 266 g/mol. The van der Waals surface area contributed by atoms with Crippen LogP contribution in [-0.4, -0.2) is 28.5 Å². The maximum absolute atomic E-state index is 10.7. The first-order valence-corrected chi connectivity index (χ1v) is 7.27. The molecule has 1 N–H and O–H groups in total. The molecule has 7 heteroatoms. The van der Waals surface area contributed by atoms with Crippen molar-refractivity contribution in [2.45, 2.75) is 6.92 Å². The van der Waals surface area contributed by atoms with Crippen LogP contribution in [0.3, 0.4) is 0 Å². The minimum atomic E-state index is -0.443. The average molecular weight is 281 g/mol. The number of nitro groups is 1. The Morgan fingerprint density at radius 1 is 1.58 bits per heavy atom. The maximum atomic E-state index is 10.7. The second-order valence-corrected chi connectivity index (χ2v) is 5.28. The van der Waals surface area contributed by atoms with Crippen molar-refractivity contribution >= 4 is 34.6 Å². The first-order chi connectivity index (χ1) is 9.10. The van der Waals surface area contributed by atoms with E-state index < -0.39 is 4.92 Å². The molecule has 1 heterocycles. The van der Waals surface area contributed by atoms with Gasteiger partial charge in [0.25, 0.3) is 11.7 Å². The van der Waals surface area contributed by atoms with E-state index in [9.17, 15) is 10.1 Å². The highest BCUT2D eigenvalue weighted by Gasteiger charge is 2.11. The largest absolute Gasteiger partial charge is 0.424 e. The Kier molecular flexibility index (Phi) is 4.26. The standard InChI is InChI=1S/C12H15N3O3S/c1-8(7-19-2)6-13-12-14-10-5-9(15(16)17)3-4-11(10)18-12/h3-5,8H,6-7H2,1-2H3,(H,13,14). The van der Waals surface area contributed by atoms with Gasteiger partial charge >= 0.3 is 0 Å². The zero-order valence-corrected chi connectivity index (χ0v) is 11.6. The molecule has 1 aromatic heterocycles. The molecule has 0 radical (unpaired) electrons. The van der Waals surface area contributed by atoms with E-state index in [1.807, 2.05) is 0 Å². The second kappa shape index (κ2) is 5.92. The zero-order valence-electron chi connectivity index (χ0n) is 10.8. The Hall–Kier alpha value is -1.76. The molecule has 0 saturated heterocycles. The van der Waals surface area contributed by atoms with Crippen LogP contribution in [0, 0.1) is 16.0 Å². The van der Waals surface area contributed by atoms with Crippen molar-refractivity contribution in [3.63, 3.8) is 0 Å². The summed E-state index contributed by atoms with van der Waals surface area (Å²) < 4.78 is 5.48. The van der Waals surface area contributed by atoms with Gasteiger partial charge in [0, 0.05) is 18.7 Å². The highest BCUT2D eigenvalue weighted by Crippen LogP contribution is 2.23. The van der Waals surface area contributed by atoms with Crippen molar-refractivity contribution < 1.29 is 9.34 Å². The minimum Gasteiger partial charge on any atom is -0.424 e. The normalized spacial score (nSPS) is 12.5. The Morgan fingerprint density at radius 3 is 3.05 bits per heavy atom. The third kappa shape index (κ3) is 3.37. The van der Waals surface area contributed by atoms with Gasteiger partial charge in [0.1, 0.15) is 5.52 Å². The van der Waals surface area contributed by atoms with E-state index in [0.717, 1.165) is 12.3 Å². The van der Waals surface area contributed by atoms with Crippen LogP contribution in [0.25, 0.3) is 11.1 Å². The van der Waals surface area contributed by atoms with E-state index in [0.29, 0.717) is 23.0 Å². The van der Waals surface area contributed by atoms with Crippen molar-refractivity contribution in [2.24, 2.45) is 5.92 Å². The highest BCUT2D eigenvalue weighted by atomic mass is 32.2. The molecule has 0 aliphatic heterocycles. The van der Waals surface area contributed by atoms with E-state index in [1.54, 1.807) is 17.8 Å². The molecule has 0 amide bonds. The lowest BCUT2D eigenvalue weighted by Crippen LogP contribution is -2.13. The molecular formula is C12H15N3O3S. The van der Waals surface area contributed by atoms with E-state index in [4.69, 9.17) is 4.42 Å². The summed E-state index contributed by atoms with van der Waals surface area (Å²) in [4.78, 5) is 14.4. The first kappa shape index (κ1) is 13.7. The van der Waals surface area contributed by atoms with Gasteiger partial charge in [-0.05, 0) is 24.0 Å². The molecule has 102 valence electrons. The van der Waals surface area contributed by atoms with Gasteiger partial charge in [-0.15, -0.1) is 0 Å². The summed E-state index contributed by atoms with van der Waals surface area (Å²) in [7, 11) is 0. The highest BCUT2D eigenvalue weighted by molar-refractivity contribution is 7.98. The van der Waals surface area contributed by atoms with Gasteiger partial charge in [-0.3, -0.25) is 10.1 Å². The summed E-state index contributed by atoms with van der Waals surface area (Å²) in [6.45, 7) is 2.90. The van der Waals surface area contributed by atoms with Gasteiger partial charge in [0.05, 0.1) is 4.92 Å². The predicted molar refractivity (Wildman–Crippen MR) is 76.7 cm³/mol. The summed E-state index contributed by atoms with van der Waals surface area (Å²) >= 11 is 1.79. The maximum Gasteiger partial charge on any atom is 0.295 e. The number of oxazole rings is 1. The molecule has 0 aliphatic carbocycles. The fraction of sp³-hybridized carbons (Fsp3) is 0.417. The molecule has 2 aromatic rings. The topological polar surface area (TPSA) is 81.2 Å². The Labute approximate surface area is 114 Å². The zero-order chi connectivity index (χ0) is 13.8. The van der Waals surface area contributed by atoms with Gasteiger partial charge < -0.3 is 9.73 Å². The monoisotopic (exact) mass is 281 g/mol. The smallest absolute Gasteiger partial charge is 0.295 e. The SMILES string of the molecule is CSCC(C)CNc1nc2cc([N+](=O)[O-])ccc2o1. The average Bonchev–Trinajstić information content (AvgIpc) is 2.78. The number of hydrogen-bond donors (Lipinski definition) is 1. The molecule has 19 heavy (non-hydrogen) atoms. The van der Waals surface area contributed by atoms with Crippen molar-refractivity contribution in [3.8, 4) is 0 Å². The number of rotatable bonds is 6. The first-order valence-electron chi connectivity index (χ1n) is 5.88. The van der Waals surface area contributed by atoms with Crippen LogP contribution >= 0.6 is 11.8 Å². The number of fused-ring (bicyclic) bond motifs is 1. The van der Waals surface area contributed by atoms with E-state index in [-0.39, 0.29) is 5.69 Å². The molecule has 0 spiro atoms. The number of non-ortho nitro benzene ring substituents is 1. The number of anilines is 1. The summed E-state index contributed by atoms with van der Waals surface area (Å²) in [6.07, 6.45) is 2.06. The van der Waals surface area contributed by atoms with Crippen LogP contribution in [0.4, 0.5) is 11.7 Å². The van der Waals surface area contributed by atoms with Gasteiger partial charge in [-0.2, -0.15) is 16.7 Å². The summed E-state index contributed by atoms with van der Waals surface area (Å²) in [5.74, 6) is 1.55. The van der Waals surface area contributed by atoms with Crippen molar-refractivity contribution in [1.82, 2.24) is 4.98 Å². The van der Waals surface area contributed by atoms with Crippen LogP contribution < -0.4 is 5.32 Å². The summed E-state index contributed by atoms with van der Waals surface area (Å²) in [5.41, 5.74) is 1.06. The Bertz CT molecular complexity index is 585. The lowest BCUT2D eigenvalue weighted by Gasteiger charge is -2.08. The van der Waals surface area contributed by atoms with Gasteiger partial charge in [-0.1, -0.05) is 6.92 Å². The minimum absolute atomic E-state index is 0.0168. The molecule has 1 unspecified atom stereocenters. The van der Waals surface area contributed by atoms with E-state index >= 15 is 0 Å². The summed E-state index contributed by atoms with van der Waals surface area (Å²) in [5, 5.41) is 13.8. The number of hydrogen-bond acceptors (Lipinski definition) is 6. The molecule has 1 atom stereocenters. The van der Waals surface area contributed by atoms with Crippen molar-refractivity contribution in [1.29, 1.82) is 0 Å². The summed E-state index contributed by atoms with van der Waals surface area (Å²) in [6, 6.07) is 4.79. The van der Waals surface area contributed by atoms with Crippen LogP contribution in [0.5, 0.6) is 0 Å². The molecule has 0 saturated carbocycles. The van der Waals surface area contributed by atoms with Gasteiger partial charge in [0.15, 0.2) is 5.58 Å². The fourth-order valence-corrected chi connectivity index (χ4v) is 2.40. The lowest BCUT2D eigenvalue weighted by molar-refractivity contribution is -0.384. The molecule has 0 aliphatic rings. The lowest BCUT2D eigenvalue weighted by atomic mass is 10.2. The predicted octanol–water partition coefficient (Wildman–Crippen LogP) is 3.15. The Morgan fingerprint density at radius 2 is 2.37 bits per heavy atom. The van der Waals surface area contributed by atoms with Crippen LogP contribution in [0.2, 0.25) is 0 Å². The number of nitrogens with zero attached hydrogens (tertiary/aromatic N) is 2. The Balaban J connectivity index is 2.11. The fourth-order valence-electron chi connectivity index (χ4n) is 1.71. The number of thioether (sulfide) groups is 1. The van der Waals surface area contributed by atoms with Crippen molar-refractivity contribution in [3.05, 3.63) is 28.3 Å². The number of aromatic nitrogens is 1. The van der Waals surface area contributed by atoms with Crippen LogP contribution in [0.1, 0.15) is 6.92 Å². The molecule has 1 aromatic carbocycles. The quantitative estimate of drug-likeness (QED) is 0.647. The van der Waals surface area contributed by atoms with Crippen LogP contribution in [-0.2, 0) is 0 Å². The van der Waals surface area contributed by atoms with Crippen LogP contribution in [0.15, 0.2) is 22.6 Å². The third-order valence-corrected chi connectivity index (χ3v) is 3.54. The molecule has 6 nitrogen and oxygen atoms in total. The number of benzene rings is 1. The second-order valence-electron chi connectivity index (χ2n) is 4.37. The van der Waals surface area contributed by atoms with E-state index in [1.165, 1.54) is 12.1 Å². The number of nitro benzene ring substituents is 1. The van der Waals surface area contributed by atoms with E-state index in [2.05, 4.69) is 23.5 Å². The molecule has 0 bridgehead atoms.